The van der Waals surface area contributed by atoms with Gasteiger partial charge in [-0.1, -0.05) is 61.2 Å². The fourth-order valence-electron chi connectivity index (χ4n) is 1.95. The zero-order chi connectivity index (χ0) is 13.5. The van der Waals surface area contributed by atoms with Gasteiger partial charge in [0.1, 0.15) is 12.4 Å². The fraction of sp³-hybridized carbons (Fsp3) is 0.176. The van der Waals surface area contributed by atoms with Gasteiger partial charge in [0, 0.05) is 18.2 Å². The smallest absolute Gasteiger partial charge is 0.134 e. The highest BCUT2D eigenvalue weighted by Crippen LogP contribution is 2.33. The minimum Gasteiger partial charge on any atom is -0.490 e. The van der Waals surface area contributed by atoms with E-state index in [0.29, 0.717) is 13.2 Å². The van der Waals surface area contributed by atoms with Gasteiger partial charge in [0.25, 0.3) is 0 Å². The molecule has 0 saturated heterocycles. The van der Waals surface area contributed by atoms with Crippen LogP contribution in [0.25, 0.3) is 17.2 Å². The highest BCUT2D eigenvalue weighted by atomic mass is 16.5. The van der Waals surface area contributed by atoms with Crippen LogP contribution in [0.4, 0.5) is 0 Å². The van der Waals surface area contributed by atoms with Crippen molar-refractivity contribution in [3.05, 3.63) is 60.7 Å². The van der Waals surface area contributed by atoms with Gasteiger partial charge >= 0.3 is 0 Å². The number of benzene rings is 2. The Balaban J connectivity index is 2.39. The second kappa shape index (κ2) is 6.76. The van der Waals surface area contributed by atoms with E-state index < -0.39 is 0 Å². The van der Waals surface area contributed by atoms with E-state index in [9.17, 15) is 0 Å². The number of hydrogen-bond donors (Lipinski definition) is 0. The molecule has 0 N–H and O–H groups in total. The molecule has 0 saturated carbocycles. The summed E-state index contributed by atoms with van der Waals surface area (Å²) >= 11 is 0. The molecule has 98 valence electrons. The molecule has 0 bridgehead atoms. The van der Waals surface area contributed by atoms with Gasteiger partial charge in [-0.25, -0.2) is 0 Å². The lowest BCUT2D eigenvalue weighted by atomic mass is 10.0. The molecule has 0 fully saturated rings. The zero-order valence-electron chi connectivity index (χ0n) is 11.1. The predicted molar refractivity (Wildman–Crippen MR) is 79.3 cm³/mol. The quantitative estimate of drug-likeness (QED) is 0.725. The van der Waals surface area contributed by atoms with Crippen LogP contribution in [0.1, 0.15) is 5.56 Å². The molecule has 0 atom stereocenters. The van der Waals surface area contributed by atoms with Crippen molar-refractivity contribution in [1.82, 2.24) is 0 Å². The second-order valence-corrected chi connectivity index (χ2v) is 4.14. The van der Waals surface area contributed by atoms with Crippen LogP contribution in [0, 0.1) is 0 Å². The van der Waals surface area contributed by atoms with E-state index in [0.717, 1.165) is 22.4 Å². The van der Waals surface area contributed by atoms with Gasteiger partial charge < -0.3 is 9.47 Å². The first-order valence-corrected chi connectivity index (χ1v) is 6.29. The van der Waals surface area contributed by atoms with E-state index in [1.54, 1.807) is 7.11 Å². The van der Waals surface area contributed by atoms with Crippen LogP contribution in [0.15, 0.2) is 55.1 Å². The molecule has 2 aromatic rings. The first-order valence-electron chi connectivity index (χ1n) is 6.29. The maximum absolute atomic E-state index is 5.86. The van der Waals surface area contributed by atoms with Gasteiger partial charge in [-0.15, -0.1) is 0 Å². The largest absolute Gasteiger partial charge is 0.490 e. The lowest BCUT2D eigenvalue weighted by Gasteiger charge is -2.14. The van der Waals surface area contributed by atoms with Crippen molar-refractivity contribution >= 4 is 6.08 Å². The first kappa shape index (κ1) is 13.4. The van der Waals surface area contributed by atoms with Crippen molar-refractivity contribution in [3.8, 4) is 16.9 Å². The van der Waals surface area contributed by atoms with E-state index >= 15 is 0 Å². The van der Waals surface area contributed by atoms with Crippen molar-refractivity contribution in [3.63, 3.8) is 0 Å². The van der Waals surface area contributed by atoms with Crippen LogP contribution in [0.5, 0.6) is 5.75 Å². The van der Waals surface area contributed by atoms with Gasteiger partial charge in [0.05, 0.1) is 6.61 Å². The summed E-state index contributed by atoms with van der Waals surface area (Å²) in [6.07, 6.45) is 1.81. The van der Waals surface area contributed by atoms with E-state index in [2.05, 4.69) is 24.8 Å². The minimum absolute atomic E-state index is 0.529. The number of methoxy groups -OCH3 is 1. The van der Waals surface area contributed by atoms with Gasteiger partial charge in [0.15, 0.2) is 0 Å². The summed E-state index contributed by atoms with van der Waals surface area (Å²) in [6.45, 7) is 4.94. The van der Waals surface area contributed by atoms with Crippen molar-refractivity contribution in [2.45, 2.75) is 0 Å². The Morgan fingerprint density at radius 3 is 2.47 bits per heavy atom. The molecule has 2 rings (SSSR count). The van der Waals surface area contributed by atoms with E-state index in [4.69, 9.17) is 9.47 Å². The zero-order valence-corrected chi connectivity index (χ0v) is 11.1. The third-order valence-electron chi connectivity index (χ3n) is 2.88. The third-order valence-corrected chi connectivity index (χ3v) is 2.88. The topological polar surface area (TPSA) is 18.5 Å². The van der Waals surface area contributed by atoms with E-state index in [-0.39, 0.29) is 0 Å². The van der Waals surface area contributed by atoms with Crippen molar-refractivity contribution in [2.24, 2.45) is 0 Å². The Hall–Kier alpha value is -2.06. The molecule has 0 aliphatic carbocycles. The Kier molecular flexibility index (Phi) is 4.76. The summed E-state index contributed by atoms with van der Waals surface area (Å²) in [7, 11) is 1.67. The Labute approximate surface area is 114 Å². The van der Waals surface area contributed by atoms with E-state index in [1.807, 2.05) is 36.4 Å². The molecule has 0 aliphatic rings. The van der Waals surface area contributed by atoms with Crippen molar-refractivity contribution in [2.75, 3.05) is 20.3 Å². The number of hydrogen-bond acceptors (Lipinski definition) is 2. The highest BCUT2D eigenvalue weighted by molar-refractivity contribution is 5.76. The van der Waals surface area contributed by atoms with Crippen molar-refractivity contribution < 1.29 is 9.47 Å². The summed E-state index contributed by atoms with van der Waals surface area (Å²) in [6, 6.07) is 16.3. The molecular weight excluding hydrogens is 236 g/mol. The standard InChI is InChI=1S/C17H18O2/c1-3-14-10-7-11-16(15-8-5-4-6-9-15)17(14)19-13-12-18-2/h3-11H,1,12-13H2,2H3. The molecule has 0 spiro atoms. The van der Waals surface area contributed by atoms with Crippen LogP contribution in [-0.4, -0.2) is 20.3 Å². The maximum atomic E-state index is 5.86. The number of rotatable bonds is 6. The van der Waals surface area contributed by atoms with Crippen LogP contribution in [0.2, 0.25) is 0 Å². The lowest BCUT2D eigenvalue weighted by molar-refractivity contribution is 0.146. The third kappa shape index (κ3) is 3.24. The molecule has 0 aromatic heterocycles. The van der Waals surface area contributed by atoms with Crippen LogP contribution < -0.4 is 4.74 Å². The number of ether oxygens (including phenoxy) is 2. The Morgan fingerprint density at radius 1 is 1.00 bits per heavy atom. The molecular formula is C17H18O2. The maximum Gasteiger partial charge on any atom is 0.134 e. The summed E-state index contributed by atoms with van der Waals surface area (Å²) in [5, 5.41) is 0. The average Bonchev–Trinajstić information content (AvgIpc) is 2.48. The lowest BCUT2D eigenvalue weighted by Crippen LogP contribution is -2.06. The molecule has 2 nitrogen and oxygen atoms in total. The molecule has 0 amide bonds. The summed E-state index contributed by atoms with van der Waals surface area (Å²) < 4.78 is 10.9. The van der Waals surface area contributed by atoms with E-state index in [1.165, 1.54) is 0 Å². The average molecular weight is 254 g/mol. The minimum atomic E-state index is 0.529. The SMILES string of the molecule is C=Cc1cccc(-c2ccccc2)c1OCCOC. The molecule has 2 aromatic carbocycles. The Morgan fingerprint density at radius 2 is 1.79 bits per heavy atom. The first-order chi connectivity index (χ1) is 9.36. The summed E-state index contributed by atoms with van der Waals surface area (Å²) in [5.74, 6) is 0.862. The van der Waals surface area contributed by atoms with Gasteiger partial charge in [-0.2, -0.15) is 0 Å². The summed E-state index contributed by atoms with van der Waals surface area (Å²) in [5.41, 5.74) is 3.21. The fourth-order valence-corrected chi connectivity index (χ4v) is 1.95. The van der Waals surface area contributed by atoms with Gasteiger partial charge in [-0.05, 0) is 5.56 Å². The second-order valence-electron chi connectivity index (χ2n) is 4.14. The Bertz CT molecular complexity index is 532. The molecule has 19 heavy (non-hydrogen) atoms. The van der Waals surface area contributed by atoms with Crippen LogP contribution in [-0.2, 0) is 4.74 Å². The van der Waals surface area contributed by atoms with Crippen LogP contribution in [0.3, 0.4) is 0 Å². The van der Waals surface area contributed by atoms with Crippen LogP contribution >= 0.6 is 0 Å². The highest BCUT2D eigenvalue weighted by Gasteiger charge is 2.09. The summed E-state index contributed by atoms with van der Waals surface area (Å²) in [4.78, 5) is 0. The molecule has 2 heteroatoms. The number of para-hydroxylation sites is 1. The van der Waals surface area contributed by atoms with Gasteiger partial charge in [0.2, 0.25) is 0 Å². The van der Waals surface area contributed by atoms with Crippen molar-refractivity contribution in [1.29, 1.82) is 0 Å². The van der Waals surface area contributed by atoms with Gasteiger partial charge in [-0.3, -0.25) is 0 Å². The molecule has 0 radical (unpaired) electrons. The monoisotopic (exact) mass is 254 g/mol. The molecule has 0 unspecified atom stereocenters. The normalized spacial score (nSPS) is 10.2. The predicted octanol–water partition coefficient (Wildman–Crippen LogP) is 4.02. The molecule has 0 heterocycles. The molecule has 0 aliphatic heterocycles.